The van der Waals surface area contributed by atoms with E-state index in [0.29, 0.717) is 0 Å². The summed E-state index contributed by atoms with van der Waals surface area (Å²) in [4.78, 5) is 14.1. The molecule has 19 heavy (non-hydrogen) atoms. The van der Waals surface area contributed by atoms with Crippen LogP contribution in [0.4, 0.5) is 0 Å². The molecule has 0 saturated heterocycles. The Balaban J connectivity index is 2.18. The number of carbonyl (C=O) groups excluding carboxylic acids is 1. The Morgan fingerprint density at radius 2 is 2.16 bits per heavy atom. The van der Waals surface area contributed by atoms with Crippen molar-refractivity contribution in [2.75, 3.05) is 0 Å². The Morgan fingerprint density at radius 1 is 1.42 bits per heavy atom. The number of nitrogens with zero attached hydrogens (tertiary/aromatic N) is 1. The van der Waals surface area contributed by atoms with E-state index in [1.54, 1.807) is 0 Å². The molecule has 0 aromatic carbocycles. The first-order valence-electron chi connectivity index (χ1n) is 6.33. The van der Waals surface area contributed by atoms with E-state index in [0.717, 1.165) is 33.2 Å². The fraction of sp³-hybridized carbons (Fsp3) is 0.429. The van der Waals surface area contributed by atoms with E-state index in [2.05, 4.69) is 10.5 Å². The summed E-state index contributed by atoms with van der Waals surface area (Å²) in [5.41, 5.74) is 1.83. The summed E-state index contributed by atoms with van der Waals surface area (Å²) in [6, 6.07) is 3.76. The third-order valence-electron chi connectivity index (χ3n) is 3.11. The van der Waals surface area contributed by atoms with E-state index >= 15 is 0 Å². The molecule has 102 valence electrons. The average molecular weight is 278 g/mol. The van der Waals surface area contributed by atoms with Crippen molar-refractivity contribution in [3.05, 3.63) is 38.9 Å². The molecule has 0 aliphatic rings. The number of hydrogen-bond acceptors (Lipinski definition) is 4. The number of amides is 1. The van der Waals surface area contributed by atoms with Gasteiger partial charge in [0.15, 0.2) is 0 Å². The van der Waals surface area contributed by atoms with Crippen LogP contribution >= 0.6 is 11.3 Å². The van der Waals surface area contributed by atoms with Crippen LogP contribution in [0.25, 0.3) is 0 Å². The van der Waals surface area contributed by atoms with E-state index in [9.17, 15) is 4.79 Å². The Bertz CT molecular complexity index is 567. The molecule has 2 aromatic heterocycles. The van der Waals surface area contributed by atoms with Gasteiger partial charge in [-0.15, -0.1) is 11.3 Å². The minimum Gasteiger partial charge on any atom is -0.361 e. The van der Waals surface area contributed by atoms with Crippen LogP contribution < -0.4 is 5.32 Å². The molecular weight excluding hydrogens is 260 g/mol. The molecule has 0 bridgehead atoms. The number of carbonyl (C=O) groups is 1. The maximum absolute atomic E-state index is 12.2. The maximum atomic E-state index is 12.2. The zero-order valence-corrected chi connectivity index (χ0v) is 12.4. The highest BCUT2D eigenvalue weighted by Crippen LogP contribution is 2.25. The zero-order chi connectivity index (χ0) is 14.0. The molecular formula is C14H18N2O2S. The molecule has 0 fully saturated rings. The van der Waals surface area contributed by atoms with Gasteiger partial charge in [-0.1, -0.05) is 12.1 Å². The van der Waals surface area contributed by atoms with Crippen molar-refractivity contribution in [2.24, 2.45) is 0 Å². The highest BCUT2D eigenvalue weighted by Gasteiger charge is 2.21. The van der Waals surface area contributed by atoms with Gasteiger partial charge in [0.05, 0.1) is 16.6 Å². The highest BCUT2D eigenvalue weighted by atomic mass is 32.1. The number of hydrogen-bond donors (Lipinski definition) is 1. The first kappa shape index (κ1) is 13.8. The van der Waals surface area contributed by atoms with E-state index in [4.69, 9.17) is 4.52 Å². The molecule has 5 heteroatoms. The Morgan fingerprint density at radius 3 is 2.63 bits per heavy atom. The second-order valence-electron chi connectivity index (χ2n) is 4.58. The van der Waals surface area contributed by atoms with Crippen molar-refractivity contribution in [1.82, 2.24) is 10.5 Å². The molecule has 0 saturated carbocycles. The van der Waals surface area contributed by atoms with E-state index < -0.39 is 0 Å². The summed E-state index contributed by atoms with van der Waals surface area (Å²) in [5, 5.41) is 7.00. The van der Waals surface area contributed by atoms with Gasteiger partial charge in [0.2, 0.25) is 0 Å². The number of aromatic nitrogens is 1. The second-order valence-corrected chi connectivity index (χ2v) is 5.87. The van der Waals surface area contributed by atoms with Gasteiger partial charge in [-0.2, -0.15) is 0 Å². The molecule has 2 heterocycles. The van der Waals surface area contributed by atoms with Gasteiger partial charge in [0.25, 0.3) is 5.91 Å². The fourth-order valence-electron chi connectivity index (χ4n) is 2.15. The first-order valence-corrected chi connectivity index (χ1v) is 7.14. The number of nitrogens with one attached hydrogen (secondary N) is 1. The molecule has 1 N–H and O–H groups in total. The van der Waals surface area contributed by atoms with Gasteiger partial charge in [0, 0.05) is 10.4 Å². The van der Waals surface area contributed by atoms with Gasteiger partial charge in [0.1, 0.15) is 5.76 Å². The van der Waals surface area contributed by atoms with Crippen molar-refractivity contribution in [1.29, 1.82) is 0 Å². The largest absolute Gasteiger partial charge is 0.361 e. The minimum absolute atomic E-state index is 0.0371. The van der Waals surface area contributed by atoms with E-state index in [1.165, 1.54) is 11.3 Å². The van der Waals surface area contributed by atoms with Crippen molar-refractivity contribution in [3.63, 3.8) is 0 Å². The van der Waals surface area contributed by atoms with Gasteiger partial charge < -0.3 is 9.84 Å². The molecule has 1 atom stereocenters. The van der Waals surface area contributed by atoms with E-state index in [-0.39, 0.29) is 11.9 Å². The Labute approximate surface area is 116 Å². The highest BCUT2D eigenvalue weighted by molar-refractivity contribution is 7.13. The molecule has 1 amide bonds. The number of rotatable bonds is 4. The van der Waals surface area contributed by atoms with Crippen LogP contribution in [0.5, 0.6) is 0 Å². The van der Waals surface area contributed by atoms with Crippen LogP contribution in [-0.2, 0) is 0 Å². The van der Waals surface area contributed by atoms with Crippen molar-refractivity contribution in [3.8, 4) is 0 Å². The lowest BCUT2D eigenvalue weighted by Gasteiger charge is -2.16. The Hall–Kier alpha value is -1.62. The predicted molar refractivity (Wildman–Crippen MR) is 75.5 cm³/mol. The first-order chi connectivity index (χ1) is 9.02. The lowest BCUT2D eigenvalue weighted by Crippen LogP contribution is -2.28. The summed E-state index contributed by atoms with van der Waals surface area (Å²) in [6.45, 7) is 7.80. The van der Waals surface area contributed by atoms with Crippen molar-refractivity contribution < 1.29 is 9.32 Å². The molecule has 0 aliphatic heterocycles. The lowest BCUT2D eigenvalue weighted by atomic mass is 10.0. The molecule has 1 unspecified atom stereocenters. The van der Waals surface area contributed by atoms with Crippen LogP contribution in [-0.4, -0.2) is 11.1 Å². The standard InChI is InChI=1S/C14H18N2O2S/c1-5-11(13-9(3)16-18-10(13)4)15-14(17)12-7-6-8(2)19-12/h6-7,11H,5H2,1-4H3,(H,15,17). The summed E-state index contributed by atoms with van der Waals surface area (Å²) < 4.78 is 5.17. The smallest absolute Gasteiger partial charge is 0.261 e. The van der Waals surface area contributed by atoms with Crippen molar-refractivity contribution >= 4 is 17.2 Å². The van der Waals surface area contributed by atoms with Crippen molar-refractivity contribution in [2.45, 2.75) is 40.2 Å². The fourth-order valence-corrected chi connectivity index (χ4v) is 2.92. The van der Waals surface area contributed by atoms with Crippen LogP contribution in [0.15, 0.2) is 16.7 Å². The summed E-state index contributed by atoms with van der Waals surface area (Å²) in [5.74, 6) is 0.733. The Kier molecular flexibility index (Phi) is 4.04. The summed E-state index contributed by atoms with van der Waals surface area (Å²) in [7, 11) is 0. The normalized spacial score (nSPS) is 12.4. The monoisotopic (exact) mass is 278 g/mol. The molecule has 0 aliphatic carbocycles. The molecule has 2 aromatic rings. The van der Waals surface area contributed by atoms with Crippen LogP contribution in [0.3, 0.4) is 0 Å². The quantitative estimate of drug-likeness (QED) is 0.930. The van der Waals surface area contributed by atoms with Gasteiger partial charge in [-0.05, 0) is 39.3 Å². The van der Waals surface area contributed by atoms with Gasteiger partial charge in [-0.3, -0.25) is 4.79 Å². The predicted octanol–water partition coefficient (Wildman–Crippen LogP) is 3.54. The minimum atomic E-state index is -0.0545. The molecule has 0 spiro atoms. The topological polar surface area (TPSA) is 55.1 Å². The number of thiophene rings is 1. The molecule has 0 radical (unpaired) electrons. The summed E-state index contributed by atoms with van der Waals surface area (Å²) >= 11 is 1.50. The molecule has 4 nitrogen and oxygen atoms in total. The third kappa shape index (κ3) is 2.87. The van der Waals surface area contributed by atoms with Gasteiger partial charge in [-0.25, -0.2) is 0 Å². The average Bonchev–Trinajstić information content (AvgIpc) is 2.94. The van der Waals surface area contributed by atoms with Crippen LogP contribution in [0.1, 0.15) is 51.0 Å². The van der Waals surface area contributed by atoms with Crippen LogP contribution in [0.2, 0.25) is 0 Å². The zero-order valence-electron chi connectivity index (χ0n) is 11.6. The van der Waals surface area contributed by atoms with E-state index in [1.807, 2.05) is 39.8 Å². The lowest BCUT2D eigenvalue weighted by molar-refractivity contribution is 0.0939. The SMILES string of the molecule is CCC(NC(=O)c1ccc(C)s1)c1c(C)noc1C. The number of aryl methyl sites for hydroxylation is 3. The summed E-state index contributed by atoms with van der Waals surface area (Å²) in [6.07, 6.45) is 0.805. The van der Waals surface area contributed by atoms with Crippen LogP contribution in [0, 0.1) is 20.8 Å². The third-order valence-corrected chi connectivity index (χ3v) is 4.11. The van der Waals surface area contributed by atoms with Gasteiger partial charge >= 0.3 is 0 Å². The maximum Gasteiger partial charge on any atom is 0.261 e. The molecule has 2 rings (SSSR count). The second kappa shape index (κ2) is 5.57.